The quantitative estimate of drug-likeness (QED) is 0.818. The van der Waals surface area contributed by atoms with Gasteiger partial charge in [-0.05, 0) is 32.1 Å². The van der Waals surface area contributed by atoms with Crippen molar-refractivity contribution in [2.24, 2.45) is 0 Å². The molecule has 1 amide bonds. The molecule has 6 nitrogen and oxygen atoms in total. The van der Waals surface area contributed by atoms with Crippen LogP contribution in [-0.4, -0.2) is 77.6 Å². The van der Waals surface area contributed by atoms with Gasteiger partial charge in [0.05, 0.1) is 12.6 Å². The third-order valence-corrected chi connectivity index (χ3v) is 4.33. The monoisotopic (exact) mass is 323 g/mol. The Morgan fingerprint density at radius 1 is 1.26 bits per heavy atom. The maximum Gasteiger partial charge on any atom is 0.289 e. The molecule has 0 radical (unpaired) electrons. The summed E-state index contributed by atoms with van der Waals surface area (Å²) in [6.45, 7) is 12.3. The molecule has 1 saturated heterocycles. The predicted molar refractivity (Wildman–Crippen MR) is 89.4 cm³/mol. The van der Waals surface area contributed by atoms with Gasteiger partial charge in [-0.3, -0.25) is 14.6 Å². The number of hydrogen-bond acceptors (Lipinski definition) is 5. The molecule has 0 aliphatic carbocycles. The highest BCUT2D eigenvalue weighted by Crippen LogP contribution is 2.14. The van der Waals surface area contributed by atoms with Crippen LogP contribution < -0.4 is 0 Å². The summed E-state index contributed by atoms with van der Waals surface area (Å²) in [5.74, 6) is 1.23. The number of carbonyl (C=O) groups excluding carboxylic acids is 1. The SMILES string of the molecule is CCN(CC)Cc1ccc(C(=O)N2CCN(C[C@@H](C)O)CC2)o1. The van der Waals surface area contributed by atoms with E-state index >= 15 is 0 Å². The average molecular weight is 323 g/mol. The molecule has 0 aromatic carbocycles. The van der Waals surface area contributed by atoms with Gasteiger partial charge < -0.3 is 14.4 Å². The maximum atomic E-state index is 12.5. The van der Waals surface area contributed by atoms with E-state index in [-0.39, 0.29) is 12.0 Å². The summed E-state index contributed by atoms with van der Waals surface area (Å²) in [7, 11) is 0. The molecule has 130 valence electrons. The Morgan fingerprint density at radius 3 is 2.48 bits per heavy atom. The van der Waals surface area contributed by atoms with Crippen LogP contribution in [0.25, 0.3) is 0 Å². The second kappa shape index (κ2) is 8.47. The summed E-state index contributed by atoms with van der Waals surface area (Å²) in [6.07, 6.45) is -0.329. The van der Waals surface area contributed by atoms with Gasteiger partial charge in [0.15, 0.2) is 5.76 Å². The highest BCUT2D eigenvalue weighted by Gasteiger charge is 2.24. The van der Waals surface area contributed by atoms with Crippen molar-refractivity contribution in [2.45, 2.75) is 33.4 Å². The molecule has 0 unspecified atom stereocenters. The highest BCUT2D eigenvalue weighted by molar-refractivity contribution is 5.91. The summed E-state index contributed by atoms with van der Waals surface area (Å²) in [5.41, 5.74) is 0. The maximum absolute atomic E-state index is 12.5. The highest BCUT2D eigenvalue weighted by atomic mass is 16.4. The number of aliphatic hydroxyl groups is 1. The van der Waals surface area contributed by atoms with Crippen LogP contribution in [0.4, 0.5) is 0 Å². The molecule has 0 spiro atoms. The second-order valence-electron chi connectivity index (χ2n) is 6.17. The van der Waals surface area contributed by atoms with E-state index in [0.29, 0.717) is 25.4 Å². The third kappa shape index (κ3) is 5.06. The lowest BCUT2D eigenvalue weighted by atomic mass is 10.2. The molecule has 1 aromatic rings. The normalized spacial score (nSPS) is 17.7. The Hall–Kier alpha value is -1.37. The molecule has 1 aliphatic rings. The topological polar surface area (TPSA) is 60.2 Å². The Balaban J connectivity index is 1.88. The molecule has 1 atom stereocenters. The molecular formula is C17H29N3O3. The number of nitrogens with zero attached hydrogens (tertiary/aromatic N) is 3. The lowest BCUT2D eigenvalue weighted by molar-refractivity contribution is 0.0525. The fourth-order valence-corrected chi connectivity index (χ4v) is 2.91. The second-order valence-corrected chi connectivity index (χ2v) is 6.17. The summed E-state index contributed by atoms with van der Waals surface area (Å²) in [6, 6.07) is 3.68. The van der Waals surface area contributed by atoms with E-state index in [1.807, 2.05) is 11.0 Å². The minimum atomic E-state index is -0.329. The lowest BCUT2D eigenvalue weighted by Crippen LogP contribution is -2.50. The van der Waals surface area contributed by atoms with Crippen LogP contribution in [-0.2, 0) is 6.54 Å². The van der Waals surface area contributed by atoms with E-state index in [1.165, 1.54) is 0 Å². The summed E-state index contributed by atoms with van der Waals surface area (Å²) >= 11 is 0. The standard InChI is InChI=1S/C17H29N3O3/c1-4-18(5-2)13-15-6-7-16(23-15)17(22)20-10-8-19(9-11-20)12-14(3)21/h6-7,14,21H,4-5,8-13H2,1-3H3/t14-/m1/s1. The summed E-state index contributed by atoms with van der Waals surface area (Å²) in [5, 5.41) is 9.43. The van der Waals surface area contributed by atoms with Gasteiger partial charge in [-0.25, -0.2) is 0 Å². The first kappa shape index (κ1) is 18.0. The van der Waals surface area contributed by atoms with Crippen molar-refractivity contribution in [3.05, 3.63) is 23.7 Å². The largest absolute Gasteiger partial charge is 0.455 e. The van der Waals surface area contributed by atoms with Crippen LogP contribution >= 0.6 is 0 Å². The molecule has 2 heterocycles. The van der Waals surface area contributed by atoms with Crippen molar-refractivity contribution in [2.75, 3.05) is 45.8 Å². The molecule has 23 heavy (non-hydrogen) atoms. The first-order valence-corrected chi connectivity index (χ1v) is 8.54. The number of aliphatic hydroxyl groups excluding tert-OH is 1. The Morgan fingerprint density at radius 2 is 1.91 bits per heavy atom. The van der Waals surface area contributed by atoms with Crippen molar-refractivity contribution in [3.8, 4) is 0 Å². The van der Waals surface area contributed by atoms with E-state index in [9.17, 15) is 9.90 Å². The molecular weight excluding hydrogens is 294 g/mol. The Labute approximate surface area is 138 Å². The van der Waals surface area contributed by atoms with Crippen LogP contribution in [0.3, 0.4) is 0 Å². The van der Waals surface area contributed by atoms with Crippen LogP contribution in [0.15, 0.2) is 16.5 Å². The van der Waals surface area contributed by atoms with Gasteiger partial charge in [-0.1, -0.05) is 13.8 Å². The first-order chi connectivity index (χ1) is 11.0. The number of hydrogen-bond donors (Lipinski definition) is 1. The van der Waals surface area contributed by atoms with Crippen molar-refractivity contribution >= 4 is 5.91 Å². The Bertz CT molecular complexity index is 489. The van der Waals surface area contributed by atoms with Gasteiger partial charge in [0.1, 0.15) is 5.76 Å². The zero-order valence-electron chi connectivity index (χ0n) is 14.5. The Kier molecular flexibility index (Phi) is 6.62. The van der Waals surface area contributed by atoms with Crippen molar-refractivity contribution in [1.29, 1.82) is 0 Å². The van der Waals surface area contributed by atoms with Crippen molar-refractivity contribution in [3.63, 3.8) is 0 Å². The molecule has 2 rings (SSSR count). The minimum Gasteiger partial charge on any atom is -0.455 e. The van der Waals surface area contributed by atoms with E-state index < -0.39 is 0 Å². The predicted octanol–water partition coefficient (Wildman–Crippen LogP) is 1.26. The smallest absolute Gasteiger partial charge is 0.289 e. The van der Waals surface area contributed by atoms with Crippen LogP contribution in [0.5, 0.6) is 0 Å². The van der Waals surface area contributed by atoms with Gasteiger partial charge in [0.25, 0.3) is 5.91 Å². The number of rotatable bonds is 7. The zero-order chi connectivity index (χ0) is 16.8. The van der Waals surface area contributed by atoms with Gasteiger partial charge in [0.2, 0.25) is 0 Å². The van der Waals surface area contributed by atoms with Crippen LogP contribution in [0.1, 0.15) is 37.1 Å². The third-order valence-electron chi connectivity index (χ3n) is 4.33. The average Bonchev–Trinajstić information content (AvgIpc) is 3.00. The molecule has 1 N–H and O–H groups in total. The summed E-state index contributed by atoms with van der Waals surface area (Å²) in [4.78, 5) is 18.8. The fourth-order valence-electron chi connectivity index (χ4n) is 2.91. The number of furan rings is 1. The first-order valence-electron chi connectivity index (χ1n) is 8.54. The molecule has 0 bridgehead atoms. The number of carbonyl (C=O) groups is 1. The van der Waals surface area contributed by atoms with E-state index in [1.54, 1.807) is 13.0 Å². The van der Waals surface area contributed by atoms with Crippen molar-refractivity contribution < 1.29 is 14.3 Å². The van der Waals surface area contributed by atoms with Gasteiger partial charge in [-0.2, -0.15) is 0 Å². The zero-order valence-corrected chi connectivity index (χ0v) is 14.5. The van der Waals surface area contributed by atoms with Gasteiger partial charge in [-0.15, -0.1) is 0 Å². The molecule has 0 saturated carbocycles. The van der Waals surface area contributed by atoms with E-state index in [2.05, 4.69) is 23.6 Å². The fraction of sp³-hybridized carbons (Fsp3) is 0.706. The number of piperazine rings is 1. The van der Waals surface area contributed by atoms with E-state index in [4.69, 9.17) is 4.42 Å². The molecule has 6 heteroatoms. The van der Waals surface area contributed by atoms with Gasteiger partial charge in [0, 0.05) is 32.7 Å². The van der Waals surface area contributed by atoms with Gasteiger partial charge >= 0.3 is 0 Å². The molecule has 1 fully saturated rings. The van der Waals surface area contributed by atoms with Crippen molar-refractivity contribution in [1.82, 2.24) is 14.7 Å². The van der Waals surface area contributed by atoms with Crippen LogP contribution in [0.2, 0.25) is 0 Å². The van der Waals surface area contributed by atoms with E-state index in [0.717, 1.165) is 38.5 Å². The molecule has 1 aromatic heterocycles. The lowest BCUT2D eigenvalue weighted by Gasteiger charge is -2.34. The summed E-state index contributed by atoms with van der Waals surface area (Å²) < 4.78 is 5.74. The number of β-amino-alcohol motifs (C(OH)–C–C–N with tert-alkyl or cyclic N) is 1. The number of amides is 1. The molecule has 1 aliphatic heterocycles. The van der Waals surface area contributed by atoms with Crippen LogP contribution in [0, 0.1) is 0 Å². The minimum absolute atomic E-state index is 0.0347.